The van der Waals surface area contributed by atoms with Crippen LogP contribution in [0.25, 0.3) is 10.9 Å². The molecule has 0 saturated carbocycles. The number of nitrogens with zero attached hydrogens (tertiary/aromatic N) is 1. The Morgan fingerprint density at radius 1 is 0.950 bits per heavy atom. The maximum Gasteiger partial charge on any atom is 0.0841 e. The molecule has 1 heterocycles. The van der Waals surface area contributed by atoms with Gasteiger partial charge in [-0.05, 0) is 23.6 Å². The average molecular weight is 261 g/mol. The van der Waals surface area contributed by atoms with Crippen LogP contribution in [0, 0.1) is 11.8 Å². The van der Waals surface area contributed by atoms with E-state index in [1.807, 2.05) is 48.7 Å². The minimum Gasteiger partial charge on any atom is -0.392 e. The molecule has 0 amide bonds. The largest absolute Gasteiger partial charge is 0.392 e. The van der Waals surface area contributed by atoms with Gasteiger partial charge in [0.25, 0.3) is 0 Å². The van der Waals surface area contributed by atoms with Gasteiger partial charge in [-0.2, -0.15) is 0 Å². The second-order valence-corrected chi connectivity index (χ2v) is 4.62. The van der Waals surface area contributed by atoms with E-state index in [4.69, 9.17) is 0 Å². The van der Waals surface area contributed by atoms with Crippen molar-refractivity contribution in [2.75, 3.05) is 0 Å². The van der Waals surface area contributed by atoms with E-state index in [1.54, 1.807) is 0 Å². The lowest BCUT2D eigenvalue weighted by Crippen LogP contribution is -1.97. The first-order valence-corrected chi connectivity index (χ1v) is 6.60. The summed E-state index contributed by atoms with van der Waals surface area (Å²) in [6, 6.07) is 18.0. The maximum absolute atomic E-state index is 9.43. The molecule has 0 aliphatic carbocycles. The highest BCUT2D eigenvalue weighted by molar-refractivity contribution is 5.83. The molecule has 0 atom stereocenters. The molecule has 2 aromatic carbocycles. The quantitative estimate of drug-likeness (QED) is 0.704. The number of hydrogen-bond donors (Lipinski definition) is 1. The summed E-state index contributed by atoms with van der Waals surface area (Å²) in [6.07, 6.45) is 2.02. The Morgan fingerprint density at radius 3 is 2.60 bits per heavy atom. The molecular formula is C18H15NO. The Balaban J connectivity index is 1.91. The summed E-state index contributed by atoms with van der Waals surface area (Å²) in [5.74, 6) is 6.33. The fourth-order valence-corrected chi connectivity index (χ4v) is 2.35. The number of para-hydroxylation sites is 1. The lowest BCUT2D eigenvalue weighted by molar-refractivity contribution is 0.283. The van der Waals surface area contributed by atoms with Crippen LogP contribution in [-0.4, -0.2) is 9.67 Å². The van der Waals surface area contributed by atoms with Gasteiger partial charge in [-0.15, -0.1) is 0 Å². The van der Waals surface area contributed by atoms with Crippen molar-refractivity contribution in [3.05, 3.63) is 71.9 Å². The number of aliphatic hydroxyl groups is 1. The van der Waals surface area contributed by atoms with Crippen LogP contribution >= 0.6 is 0 Å². The van der Waals surface area contributed by atoms with Gasteiger partial charge in [0.2, 0.25) is 0 Å². The van der Waals surface area contributed by atoms with Gasteiger partial charge in [0.1, 0.15) is 0 Å². The number of aliphatic hydroxyl groups excluding tert-OH is 1. The topological polar surface area (TPSA) is 25.2 Å². The highest BCUT2D eigenvalue weighted by Gasteiger charge is 2.04. The van der Waals surface area contributed by atoms with E-state index in [-0.39, 0.29) is 6.61 Å². The van der Waals surface area contributed by atoms with Gasteiger partial charge >= 0.3 is 0 Å². The third-order valence-electron chi connectivity index (χ3n) is 3.30. The summed E-state index contributed by atoms with van der Waals surface area (Å²) in [7, 11) is 0. The number of hydrogen-bond acceptors (Lipinski definition) is 1. The van der Waals surface area contributed by atoms with Gasteiger partial charge < -0.3 is 9.67 Å². The molecule has 0 aliphatic rings. The van der Waals surface area contributed by atoms with Gasteiger partial charge in [-0.25, -0.2) is 0 Å². The first-order valence-electron chi connectivity index (χ1n) is 6.60. The summed E-state index contributed by atoms with van der Waals surface area (Å²) < 4.78 is 2.08. The van der Waals surface area contributed by atoms with E-state index < -0.39 is 0 Å². The molecule has 3 rings (SSSR count). The van der Waals surface area contributed by atoms with E-state index in [9.17, 15) is 5.11 Å². The lowest BCUT2D eigenvalue weighted by atomic mass is 10.1. The van der Waals surface area contributed by atoms with E-state index in [2.05, 4.69) is 28.5 Å². The van der Waals surface area contributed by atoms with Gasteiger partial charge in [0, 0.05) is 17.3 Å². The zero-order chi connectivity index (χ0) is 13.8. The predicted molar refractivity (Wildman–Crippen MR) is 81.2 cm³/mol. The Labute approximate surface area is 118 Å². The minimum absolute atomic E-state index is 0.0491. The normalized spacial score (nSPS) is 10.2. The Morgan fingerprint density at radius 2 is 1.80 bits per heavy atom. The third-order valence-corrected chi connectivity index (χ3v) is 3.30. The van der Waals surface area contributed by atoms with Crippen molar-refractivity contribution < 1.29 is 5.11 Å². The summed E-state index contributed by atoms with van der Waals surface area (Å²) in [6.45, 7) is 0.670. The lowest BCUT2D eigenvalue weighted by Gasteiger charge is -2.04. The van der Waals surface area contributed by atoms with Crippen LogP contribution in [-0.2, 0) is 13.2 Å². The molecule has 98 valence electrons. The van der Waals surface area contributed by atoms with Crippen LogP contribution in [0.4, 0.5) is 0 Å². The van der Waals surface area contributed by atoms with Crippen LogP contribution in [0.15, 0.2) is 60.8 Å². The van der Waals surface area contributed by atoms with Gasteiger partial charge in [0.05, 0.1) is 18.7 Å². The molecule has 0 fully saturated rings. The van der Waals surface area contributed by atoms with Crippen molar-refractivity contribution in [2.24, 2.45) is 0 Å². The van der Waals surface area contributed by atoms with Crippen molar-refractivity contribution in [1.29, 1.82) is 0 Å². The average Bonchev–Trinajstić information content (AvgIpc) is 2.92. The zero-order valence-corrected chi connectivity index (χ0v) is 11.1. The van der Waals surface area contributed by atoms with Crippen LogP contribution in [0.2, 0.25) is 0 Å². The number of rotatable bonds is 2. The molecule has 0 saturated heterocycles. The maximum atomic E-state index is 9.43. The molecule has 0 radical (unpaired) electrons. The van der Waals surface area contributed by atoms with Crippen molar-refractivity contribution in [1.82, 2.24) is 4.57 Å². The molecule has 20 heavy (non-hydrogen) atoms. The van der Waals surface area contributed by atoms with Gasteiger partial charge in [-0.3, -0.25) is 0 Å². The van der Waals surface area contributed by atoms with Crippen LogP contribution in [0.3, 0.4) is 0 Å². The van der Waals surface area contributed by atoms with Crippen molar-refractivity contribution in [3.8, 4) is 11.8 Å². The number of fused-ring (bicyclic) bond motifs is 1. The second-order valence-electron chi connectivity index (χ2n) is 4.62. The highest BCUT2D eigenvalue weighted by atomic mass is 16.3. The van der Waals surface area contributed by atoms with Gasteiger partial charge in [-0.1, -0.05) is 48.2 Å². The molecule has 1 aromatic heterocycles. The Kier molecular flexibility index (Phi) is 3.54. The summed E-state index contributed by atoms with van der Waals surface area (Å²) in [5.41, 5.74) is 3.03. The zero-order valence-electron chi connectivity index (χ0n) is 11.1. The fourth-order valence-electron chi connectivity index (χ4n) is 2.35. The standard InChI is InChI=1S/C18H15NO/c20-14-17-10-4-9-16-11-13-19(18(16)17)12-5-8-15-6-2-1-3-7-15/h1-4,6-7,9-11,13,20H,12,14H2. The van der Waals surface area contributed by atoms with E-state index in [0.29, 0.717) is 6.54 Å². The van der Waals surface area contributed by atoms with E-state index in [1.165, 1.54) is 0 Å². The Bertz CT molecular complexity index is 775. The van der Waals surface area contributed by atoms with Crippen LogP contribution < -0.4 is 0 Å². The first kappa shape index (κ1) is 12.5. The van der Waals surface area contributed by atoms with Crippen molar-refractivity contribution in [3.63, 3.8) is 0 Å². The van der Waals surface area contributed by atoms with Crippen molar-refractivity contribution in [2.45, 2.75) is 13.2 Å². The van der Waals surface area contributed by atoms with E-state index in [0.717, 1.165) is 22.0 Å². The first-order chi connectivity index (χ1) is 9.88. The summed E-state index contributed by atoms with van der Waals surface area (Å²) in [5, 5.41) is 10.6. The molecule has 3 aromatic rings. The van der Waals surface area contributed by atoms with Gasteiger partial charge in [0.15, 0.2) is 0 Å². The minimum atomic E-state index is 0.0491. The monoisotopic (exact) mass is 261 g/mol. The highest BCUT2D eigenvalue weighted by Crippen LogP contribution is 2.20. The molecule has 2 heteroatoms. The molecule has 0 aliphatic heterocycles. The van der Waals surface area contributed by atoms with Crippen LogP contribution in [0.1, 0.15) is 11.1 Å². The number of benzene rings is 2. The van der Waals surface area contributed by atoms with Crippen LogP contribution in [0.5, 0.6) is 0 Å². The summed E-state index contributed by atoms with van der Waals surface area (Å²) in [4.78, 5) is 0. The molecular weight excluding hydrogens is 246 g/mol. The summed E-state index contributed by atoms with van der Waals surface area (Å²) >= 11 is 0. The smallest absolute Gasteiger partial charge is 0.0841 e. The third kappa shape index (κ3) is 2.45. The fraction of sp³-hybridized carbons (Fsp3) is 0.111. The second kappa shape index (κ2) is 5.64. The SMILES string of the molecule is OCc1cccc2ccn(CC#Cc3ccccc3)c12. The molecule has 0 spiro atoms. The molecule has 2 nitrogen and oxygen atoms in total. The Hall–Kier alpha value is -2.50. The number of aromatic nitrogens is 1. The molecule has 1 N–H and O–H groups in total. The van der Waals surface area contributed by atoms with E-state index >= 15 is 0 Å². The predicted octanol–water partition coefficient (Wildman–Crippen LogP) is 3.19. The molecule has 0 bridgehead atoms. The van der Waals surface area contributed by atoms with Crippen molar-refractivity contribution >= 4 is 10.9 Å². The molecule has 0 unspecified atom stereocenters.